The number of hydrogen-bond acceptors (Lipinski definition) is 4. The van der Waals surface area contributed by atoms with Crippen LogP contribution in [-0.4, -0.2) is 21.2 Å². The van der Waals surface area contributed by atoms with Gasteiger partial charge in [-0.1, -0.05) is 36.6 Å². The van der Waals surface area contributed by atoms with Crippen molar-refractivity contribution in [1.82, 2.24) is 10.1 Å². The lowest BCUT2D eigenvalue weighted by Gasteiger charge is -2.19. The number of rotatable bonds is 4. The van der Waals surface area contributed by atoms with E-state index >= 15 is 0 Å². The molecule has 5 heteroatoms. The smallest absolute Gasteiger partial charge is 0.335 e. The summed E-state index contributed by atoms with van der Waals surface area (Å²) in [4.78, 5) is 15.4. The van der Waals surface area contributed by atoms with Crippen molar-refractivity contribution < 1.29 is 14.4 Å². The van der Waals surface area contributed by atoms with E-state index in [0.29, 0.717) is 23.2 Å². The molecule has 1 aromatic heterocycles. The first kappa shape index (κ1) is 13.8. The van der Waals surface area contributed by atoms with Gasteiger partial charge in [0.1, 0.15) is 0 Å². The van der Waals surface area contributed by atoms with Gasteiger partial charge in [0.2, 0.25) is 11.7 Å². The van der Waals surface area contributed by atoms with E-state index in [4.69, 9.17) is 9.63 Å². The minimum Gasteiger partial charge on any atom is -0.478 e. The van der Waals surface area contributed by atoms with Crippen LogP contribution < -0.4 is 0 Å². The van der Waals surface area contributed by atoms with E-state index in [-0.39, 0.29) is 5.56 Å². The molecule has 1 aromatic carbocycles. The van der Waals surface area contributed by atoms with Crippen LogP contribution in [0.2, 0.25) is 0 Å². The highest BCUT2D eigenvalue weighted by atomic mass is 16.5. The van der Waals surface area contributed by atoms with Crippen LogP contribution in [0.5, 0.6) is 0 Å². The molecule has 0 atom stereocenters. The van der Waals surface area contributed by atoms with Crippen molar-refractivity contribution >= 4 is 5.97 Å². The van der Waals surface area contributed by atoms with Crippen molar-refractivity contribution in [2.75, 3.05) is 0 Å². The Morgan fingerprint density at radius 2 is 2.10 bits per heavy atom. The number of hydrogen-bond donors (Lipinski definition) is 1. The second kappa shape index (κ2) is 6.08. The normalized spacial score (nSPS) is 16.0. The van der Waals surface area contributed by atoms with Crippen LogP contribution >= 0.6 is 0 Å². The van der Waals surface area contributed by atoms with Crippen molar-refractivity contribution in [1.29, 1.82) is 0 Å². The van der Waals surface area contributed by atoms with Crippen LogP contribution in [0.15, 0.2) is 28.8 Å². The fourth-order valence-electron chi connectivity index (χ4n) is 2.88. The number of carboxylic acids is 1. The summed E-state index contributed by atoms with van der Waals surface area (Å²) in [7, 11) is 0. The average molecular weight is 286 g/mol. The van der Waals surface area contributed by atoms with Crippen LogP contribution in [0, 0.1) is 5.92 Å². The Morgan fingerprint density at radius 1 is 1.29 bits per heavy atom. The van der Waals surface area contributed by atoms with Crippen molar-refractivity contribution in [3.05, 3.63) is 35.7 Å². The second-order valence-electron chi connectivity index (χ2n) is 5.61. The molecular formula is C16H18N2O3. The lowest BCUT2D eigenvalue weighted by atomic mass is 9.87. The molecule has 1 saturated carbocycles. The van der Waals surface area contributed by atoms with Gasteiger partial charge < -0.3 is 9.63 Å². The minimum absolute atomic E-state index is 0.228. The summed E-state index contributed by atoms with van der Waals surface area (Å²) in [6.07, 6.45) is 7.18. The van der Waals surface area contributed by atoms with E-state index in [1.165, 1.54) is 32.1 Å². The summed E-state index contributed by atoms with van der Waals surface area (Å²) in [6.45, 7) is 0. The molecule has 2 aromatic rings. The standard InChI is InChI=1S/C16H18N2O3/c19-16(20)13-8-4-7-12(10-13)15-17-14(21-18-15)9-11-5-2-1-3-6-11/h4,7-8,10-11H,1-3,5-6,9H2,(H,19,20). The molecule has 21 heavy (non-hydrogen) atoms. The highest BCUT2D eigenvalue weighted by Crippen LogP contribution is 2.27. The molecule has 3 rings (SSSR count). The van der Waals surface area contributed by atoms with Crippen LogP contribution in [0.4, 0.5) is 0 Å². The third kappa shape index (κ3) is 3.29. The lowest BCUT2D eigenvalue weighted by Crippen LogP contribution is -2.09. The molecule has 0 aliphatic heterocycles. The number of benzene rings is 1. The first-order chi connectivity index (χ1) is 10.2. The van der Waals surface area contributed by atoms with Gasteiger partial charge in [0.25, 0.3) is 0 Å². The molecule has 0 spiro atoms. The molecule has 1 N–H and O–H groups in total. The largest absolute Gasteiger partial charge is 0.478 e. The summed E-state index contributed by atoms with van der Waals surface area (Å²) in [5.41, 5.74) is 0.902. The number of nitrogens with zero attached hydrogens (tertiary/aromatic N) is 2. The van der Waals surface area contributed by atoms with E-state index < -0.39 is 5.97 Å². The van der Waals surface area contributed by atoms with Gasteiger partial charge in [-0.3, -0.25) is 0 Å². The molecule has 0 radical (unpaired) electrons. The summed E-state index contributed by atoms with van der Waals surface area (Å²) < 4.78 is 5.31. The summed E-state index contributed by atoms with van der Waals surface area (Å²) in [5.74, 6) is 0.793. The maximum atomic E-state index is 11.0. The minimum atomic E-state index is -0.956. The number of carbonyl (C=O) groups is 1. The molecule has 0 saturated heterocycles. The lowest BCUT2D eigenvalue weighted by molar-refractivity contribution is 0.0697. The predicted octanol–water partition coefficient (Wildman–Crippen LogP) is 3.56. The molecule has 1 fully saturated rings. The van der Waals surface area contributed by atoms with Crippen LogP contribution in [0.25, 0.3) is 11.4 Å². The Balaban J connectivity index is 1.75. The van der Waals surface area contributed by atoms with E-state index in [1.54, 1.807) is 24.3 Å². The van der Waals surface area contributed by atoms with Gasteiger partial charge in [-0.05, 0) is 30.9 Å². The van der Waals surface area contributed by atoms with Gasteiger partial charge in [0.05, 0.1) is 5.56 Å². The van der Waals surface area contributed by atoms with E-state index in [2.05, 4.69) is 10.1 Å². The monoisotopic (exact) mass is 286 g/mol. The molecule has 1 heterocycles. The van der Waals surface area contributed by atoms with Gasteiger partial charge in [-0.2, -0.15) is 4.98 Å². The Bertz CT molecular complexity index is 630. The first-order valence-corrected chi connectivity index (χ1v) is 7.38. The zero-order valence-electron chi connectivity index (χ0n) is 11.8. The molecule has 110 valence electrons. The summed E-state index contributed by atoms with van der Waals surface area (Å²) in [5, 5.41) is 13.0. The summed E-state index contributed by atoms with van der Waals surface area (Å²) in [6, 6.07) is 6.60. The third-order valence-electron chi connectivity index (χ3n) is 4.02. The molecule has 0 amide bonds. The van der Waals surface area contributed by atoms with Crippen molar-refractivity contribution in [3.63, 3.8) is 0 Å². The van der Waals surface area contributed by atoms with Crippen LogP contribution in [-0.2, 0) is 6.42 Å². The highest BCUT2D eigenvalue weighted by Gasteiger charge is 2.18. The second-order valence-corrected chi connectivity index (χ2v) is 5.61. The highest BCUT2D eigenvalue weighted by molar-refractivity contribution is 5.89. The summed E-state index contributed by atoms with van der Waals surface area (Å²) >= 11 is 0. The molecule has 0 bridgehead atoms. The first-order valence-electron chi connectivity index (χ1n) is 7.38. The Kier molecular flexibility index (Phi) is 3.99. The maximum Gasteiger partial charge on any atom is 0.335 e. The third-order valence-corrected chi connectivity index (χ3v) is 4.02. The SMILES string of the molecule is O=C(O)c1cccc(-c2noc(CC3CCCCC3)n2)c1. The van der Waals surface area contributed by atoms with Crippen molar-refractivity contribution in [2.45, 2.75) is 38.5 Å². The topological polar surface area (TPSA) is 76.2 Å². The fourth-order valence-corrected chi connectivity index (χ4v) is 2.88. The Hall–Kier alpha value is -2.17. The van der Waals surface area contributed by atoms with Gasteiger partial charge >= 0.3 is 5.97 Å². The molecule has 0 unspecified atom stereocenters. The van der Waals surface area contributed by atoms with Gasteiger partial charge in [0.15, 0.2) is 0 Å². The zero-order chi connectivity index (χ0) is 14.7. The van der Waals surface area contributed by atoms with Crippen LogP contribution in [0.3, 0.4) is 0 Å². The number of carboxylic acid groups (broad SMARTS) is 1. The molecule has 1 aliphatic rings. The maximum absolute atomic E-state index is 11.0. The van der Waals surface area contributed by atoms with Crippen LogP contribution in [0.1, 0.15) is 48.4 Å². The van der Waals surface area contributed by atoms with E-state index in [0.717, 1.165) is 6.42 Å². The number of aromatic nitrogens is 2. The van der Waals surface area contributed by atoms with Gasteiger partial charge in [0, 0.05) is 12.0 Å². The van der Waals surface area contributed by atoms with E-state index in [1.807, 2.05) is 0 Å². The molecule has 5 nitrogen and oxygen atoms in total. The number of aromatic carboxylic acids is 1. The molecular weight excluding hydrogens is 268 g/mol. The van der Waals surface area contributed by atoms with E-state index in [9.17, 15) is 4.79 Å². The Labute approximate surface area is 123 Å². The quantitative estimate of drug-likeness (QED) is 0.930. The zero-order valence-corrected chi connectivity index (χ0v) is 11.8. The van der Waals surface area contributed by atoms with Crippen molar-refractivity contribution in [2.24, 2.45) is 5.92 Å². The average Bonchev–Trinajstić information content (AvgIpc) is 2.97. The Morgan fingerprint density at radius 3 is 2.86 bits per heavy atom. The predicted molar refractivity (Wildman–Crippen MR) is 77.0 cm³/mol. The molecule has 1 aliphatic carbocycles. The van der Waals surface area contributed by atoms with Gasteiger partial charge in [-0.15, -0.1) is 0 Å². The van der Waals surface area contributed by atoms with Gasteiger partial charge in [-0.25, -0.2) is 4.79 Å². The fraction of sp³-hybridized carbons (Fsp3) is 0.438. The van der Waals surface area contributed by atoms with Crippen molar-refractivity contribution in [3.8, 4) is 11.4 Å².